The Labute approximate surface area is 108 Å². The number of aliphatic hydroxyl groups is 1. The summed E-state index contributed by atoms with van der Waals surface area (Å²) < 4.78 is 0. The molecule has 0 aliphatic heterocycles. The van der Waals surface area contributed by atoms with Gasteiger partial charge in [-0.15, -0.1) is 0 Å². The molecule has 0 heterocycles. The molecule has 0 bridgehead atoms. The highest BCUT2D eigenvalue weighted by Gasteiger charge is 2.35. The predicted octanol–water partition coefficient (Wildman–Crippen LogP) is 1.16. The summed E-state index contributed by atoms with van der Waals surface area (Å²) >= 11 is 0. The van der Waals surface area contributed by atoms with Gasteiger partial charge in [-0.2, -0.15) is 0 Å². The number of aliphatic carboxylic acids is 1. The lowest BCUT2D eigenvalue weighted by atomic mass is 9.86. The number of amides is 1. The fourth-order valence-corrected chi connectivity index (χ4v) is 2.34. The number of carboxylic acids is 1. The molecule has 1 saturated carbocycles. The Balaban J connectivity index is 2.44. The second kappa shape index (κ2) is 5.69. The summed E-state index contributed by atoms with van der Waals surface area (Å²) in [6.07, 6.45) is 3.97. The van der Waals surface area contributed by atoms with E-state index in [1.165, 1.54) is 13.8 Å². The molecule has 104 valence electrons. The Bertz CT molecular complexity index is 319. The minimum atomic E-state index is -1.05. The molecular weight excluding hydrogens is 234 g/mol. The summed E-state index contributed by atoms with van der Waals surface area (Å²) in [5.74, 6) is -1.24. The van der Waals surface area contributed by atoms with Gasteiger partial charge in [-0.25, -0.2) is 0 Å². The van der Waals surface area contributed by atoms with Crippen molar-refractivity contribution in [2.75, 3.05) is 13.2 Å². The van der Waals surface area contributed by atoms with Crippen molar-refractivity contribution in [3.8, 4) is 0 Å². The van der Waals surface area contributed by atoms with E-state index in [0.717, 1.165) is 25.7 Å². The summed E-state index contributed by atoms with van der Waals surface area (Å²) in [6, 6.07) is 0. The standard InChI is InChI=1S/C13H23NO4/c1-12(2,11(17)18)7-10(16)14-8-13(9-15)5-3-4-6-13/h15H,3-9H2,1-2H3,(H,14,16)(H,17,18). The SMILES string of the molecule is CC(C)(CC(=O)NCC1(CO)CCCC1)C(=O)O. The summed E-state index contributed by atoms with van der Waals surface area (Å²) in [7, 11) is 0. The third-order valence-corrected chi connectivity index (χ3v) is 3.84. The summed E-state index contributed by atoms with van der Waals surface area (Å²) in [6.45, 7) is 3.59. The van der Waals surface area contributed by atoms with E-state index < -0.39 is 11.4 Å². The number of carbonyl (C=O) groups excluding carboxylic acids is 1. The first-order valence-electron chi connectivity index (χ1n) is 6.42. The van der Waals surface area contributed by atoms with Gasteiger partial charge in [0.1, 0.15) is 0 Å². The van der Waals surface area contributed by atoms with Crippen LogP contribution in [0.1, 0.15) is 46.0 Å². The minimum Gasteiger partial charge on any atom is -0.481 e. The van der Waals surface area contributed by atoms with E-state index in [4.69, 9.17) is 5.11 Å². The Kier molecular flexibility index (Phi) is 4.73. The van der Waals surface area contributed by atoms with Crippen molar-refractivity contribution >= 4 is 11.9 Å². The monoisotopic (exact) mass is 257 g/mol. The Morgan fingerprint density at radius 1 is 1.28 bits per heavy atom. The molecule has 0 spiro atoms. The first-order chi connectivity index (χ1) is 8.31. The van der Waals surface area contributed by atoms with Crippen LogP contribution in [0.2, 0.25) is 0 Å². The Morgan fingerprint density at radius 2 is 1.83 bits per heavy atom. The van der Waals surface area contributed by atoms with Gasteiger partial charge in [-0.05, 0) is 26.7 Å². The molecular formula is C13H23NO4. The van der Waals surface area contributed by atoms with Crippen LogP contribution in [-0.2, 0) is 9.59 Å². The van der Waals surface area contributed by atoms with Crippen LogP contribution in [0.5, 0.6) is 0 Å². The molecule has 1 aliphatic rings. The van der Waals surface area contributed by atoms with Crippen LogP contribution >= 0.6 is 0 Å². The first-order valence-corrected chi connectivity index (χ1v) is 6.42. The van der Waals surface area contributed by atoms with Gasteiger partial charge in [0.2, 0.25) is 5.91 Å². The predicted molar refractivity (Wildman–Crippen MR) is 67.0 cm³/mol. The van der Waals surface area contributed by atoms with Crippen molar-refractivity contribution in [2.24, 2.45) is 10.8 Å². The van der Waals surface area contributed by atoms with Gasteiger partial charge in [0.15, 0.2) is 0 Å². The molecule has 5 nitrogen and oxygen atoms in total. The average molecular weight is 257 g/mol. The molecule has 18 heavy (non-hydrogen) atoms. The van der Waals surface area contributed by atoms with Crippen LogP contribution in [0, 0.1) is 10.8 Å². The molecule has 1 rings (SSSR count). The minimum absolute atomic E-state index is 0.0379. The van der Waals surface area contributed by atoms with Crippen LogP contribution in [0.15, 0.2) is 0 Å². The lowest BCUT2D eigenvalue weighted by Crippen LogP contribution is -2.40. The fourth-order valence-electron chi connectivity index (χ4n) is 2.34. The molecule has 1 fully saturated rings. The topological polar surface area (TPSA) is 86.6 Å². The average Bonchev–Trinajstić information content (AvgIpc) is 2.75. The molecule has 0 saturated heterocycles. The number of hydrogen-bond donors (Lipinski definition) is 3. The summed E-state index contributed by atoms with van der Waals surface area (Å²) in [5, 5.41) is 21.1. The molecule has 3 N–H and O–H groups in total. The van der Waals surface area contributed by atoms with Crippen LogP contribution in [0.4, 0.5) is 0 Å². The van der Waals surface area contributed by atoms with Crippen LogP contribution in [0.3, 0.4) is 0 Å². The first kappa shape index (κ1) is 15.0. The Morgan fingerprint density at radius 3 is 2.28 bits per heavy atom. The summed E-state index contributed by atoms with van der Waals surface area (Å²) in [4.78, 5) is 22.6. The van der Waals surface area contributed by atoms with E-state index in [1.807, 2.05) is 0 Å². The van der Waals surface area contributed by atoms with Gasteiger partial charge in [0, 0.05) is 18.4 Å². The Hall–Kier alpha value is -1.10. The zero-order valence-electron chi connectivity index (χ0n) is 11.2. The highest BCUT2D eigenvalue weighted by molar-refractivity contribution is 5.84. The molecule has 1 aliphatic carbocycles. The van der Waals surface area contributed by atoms with E-state index in [1.54, 1.807) is 0 Å². The zero-order valence-corrected chi connectivity index (χ0v) is 11.2. The molecule has 0 atom stereocenters. The van der Waals surface area contributed by atoms with Crippen LogP contribution in [-0.4, -0.2) is 35.2 Å². The summed E-state index contributed by atoms with van der Waals surface area (Å²) in [5.41, 5.74) is -1.24. The lowest BCUT2D eigenvalue weighted by Gasteiger charge is -2.27. The van der Waals surface area contributed by atoms with E-state index in [-0.39, 0.29) is 24.3 Å². The smallest absolute Gasteiger partial charge is 0.309 e. The van der Waals surface area contributed by atoms with E-state index in [0.29, 0.717) is 6.54 Å². The van der Waals surface area contributed by atoms with Gasteiger partial charge in [0.05, 0.1) is 12.0 Å². The number of nitrogens with one attached hydrogen (secondary N) is 1. The second-order valence-corrected chi connectivity index (χ2v) is 6.01. The highest BCUT2D eigenvalue weighted by Crippen LogP contribution is 2.37. The molecule has 0 aromatic heterocycles. The maximum absolute atomic E-state index is 11.7. The second-order valence-electron chi connectivity index (χ2n) is 6.01. The van der Waals surface area contributed by atoms with Gasteiger partial charge in [-0.3, -0.25) is 9.59 Å². The van der Waals surface area contributed by atoms with Crippen LogP contribution < -0.4 is 5.32 Å². The third-order valence-electron chi connectivity index (χ3n) is 3.84. The van der Waals surface area contributed by atoms with Gasteiger partial charge in [-0.1, -0.05) is 12.8 Å². The quantitative estimate of drug-likeness (QED) is 0.666. The maximum Gasteiger partial charge on any atom is 0.309 e. The number of carbonyl (C=O) groups is 2. The number of carboxylic acid groups (broad SMARTS) is 1. The molecule has 0 unspecified atom stereocenters. The van der Waals surface area contributed by atoms with Crippen LogP contribution in [0.25, 0.3) is 0 Å². The maximum atomic E-state index is 11.7. The highest BCUT2D eigenvalue weighted by atomic mass is 16.4. The van der Waals surface area contributed by atoms with Crippen molar-refractivity contribution in [1.29, 1.82) is 0 Å². The van der Waals surface area contributed by atoms with E-state index in [9.17, 15) is 14.7 Å². The zero-order chi connectivity index (χ0) is 13.8. The van der Waals surface area contributed by atoms with Crippen molar-refractivity contribution in [2.45, 2.75) is 46.0 Å². The van der Waals surface area contributed by atoms with Crippen molar-refractivity contribution < 1.29 is 19.8 Å². The number of hydrogen-bond acceptors (Lipinski definition) is 3. The molecule has 1 amide bonds. The van der Waals surface area contributed by atoms with Crippen molar-refractivity contribution in [3.05, 3.63) is 0 Å². The molecule has 0 radical (unpaired) electrons. The lowest BCUT2D eigenvalue weighted by molar-refractivity contribution is -0.149. The fraction of sp³-hybridized carbons (Fsp3) is 0.846. The van der Waals surface area contributed by atoms with Gasteiger partial charge in [0.25, 0.3) is 0 Å². The third kappa shape index (κ3) is 3.70. The largest absolute Gasteiger partial charge is 0.481 e. The van der Waals surface area contributed by atoms with E-state index in [2.05, 4.69) is 5.32 Å². The van der Waals surface area contributed by atoms with Gasteiger partial charge >= 0.3 is 5.97 Å². The van der Waals surface area contributed by atoms with E-state index >= 15 is 0 Å². The molecule has 0 aromatic carbocycles. The molecule has 0 aromatic rings. The number of aliphatic hydroxyl groups excluding tert-OH is 1. The van der Waals surface area contributed by atoms with Crippen molar-refractivity contribution in [3.63, 3.8) is 0 Å². The molecule has 5 heteroatoms. The number of rotatable bonds is 6. The normalized spacial score (nSPS) is 18.6. The van der Waals surface area contributed by atoms with Gasteiger partial charge < -0.3 is 15.5 Å². The van der Waals surface area contributed by atoms with Crippen molar-refractivity contribution in [1.82, 2.24) is 5.32 Å².